The summed E-state index contributed by atoms with van der Waals surface area (Å²) < 4.78 is 5.73. The summed E-state index contributed by atoms with van der Waals surface area (Å²) in [6.07, 6.45) is 4.13. The number of piperidine rings is 1. The van der Waals surface area contributed by atoms with Crippen molar-refractivity contribution in [3.8, 4) is 0 Å². The standard InChI is InChI=1S/C13H20N2O/c1-9-2-5-13(16-9)12(7-14)15-8-10-3-4-11(15)6-10/h2,5,10-12H,3-4,6-8,14H2,1H3. The van der Waals surface area contributed by atoms with Crippen molar-refractivity contribution in [1.29, 1.82) is 0 Å². The highest BCUT2D eigenvalue weighted by Crippen LogP contribution is 2.41. The van der Waals surface area contributed by atoms with Crippen LogP contribution in [0, 0.1) is 12.8 Å². The van der Waals surface area contributed by atoms with E-state index >= 15 is 0 Å². The predicted molar refractivity (Wildman–Crippen MR) is 63.1 cm³/mol. The molecular formula is C13H20N2O. The average Bonchev–Trinajstić information content (AvgIpc) is 2.96. The van der Waals surface area contributed by atoms with E-state index < -0.39 is 0 Å². The van der Waals surface area contributed by atoms with Crippen LogP contribution in [0.25, 0.3) is 0 Å². The zero-order valence-electron chi connectivity index (χ0n) is 9.86. The zero-order valence-corrected chi connectivity index (χ0v) is 9.86. The van der Waals surface area contributed by atoms with Crippen LogP contribution in [0.1, 0.15) is 36.8 Å². The molecule has 3 rings (SSSR count). The van der Waals surface area contributed by atoms with Gasteiger partial charge in [-0.2, -0.15) is 0 Å². The predicted octanol–water partition coefficient (Wildman–Crippen LogP) is 2.07. The van der Waals surface area contributed by atoms with Gasteiger partial charge in [-0.3, -0.25) is 4.90 Å². The third kappa shape index (κ3) is 1.59. The average molecular weight is 220 g/mol. The number of nitrogens with two attached hydrogens (primary N) is 1. The smallest absolute Gasteiger partial charge is 0.122 e. The Kier molecular flexibility index (Phi) is 2.52. The summed E-state index contributed by atoms with van der Waals surface area (Å²) in [5.41, 5.74) is 5.92. The molecule has 2 bridgehead atoms. The summed E-state index contributed by atoms with van der Waals surface area (Å²) >= 11 is 0. The van der Waals surface area contributed by atoms with Gasteiger partial charge in [0.05, 0.1) is 6.04 Å². The molecule has 2 heterocycles. The normalized spacial score (nSPS) is 31.1. The van der Waals surface area contributed by atoms with Crippen LogP contribution in [0.5, 0.6) is 0 Å². The topological polar surface area (TPSA) is 42.4 Å². The summed E-state index contributed by atoms with van der Waals surface area (Å²) in [7, 11) is 0. The van der Waals surface area contributed by atoms with Crippen LogP contribution in [0.15, 0.2) is 16.5 Å². The molecule has 1 aliphatic heterocycles. The van der Waals surface area contributed by atoms with Crippen LogP contribution in [0.2, 0.25) is 0 Å². The van der Waals surface area contributed by atoms with Gasteiger partial charge in [0.15, 0.2) is 0 Å². The minimum atomic E-state index is 0.295. The number of likely N-dealkylation sites (tertiary alicyclic amines) is 1. The van der Waals surface area contributed by atoms with Gasteiger partial charge in [-0.1, -0.05) is 0 Å². The highest BCUT2D eigenvalue weighted by molar-refractivity contribution is 5.12. The molecule has 1 aromatic heterocycles. The van der Waals surface area contributed by atoms with Crippen molar-refractivity contribution in [3.05, 3.63) is 23.7 Å². The van der Waals surface area contributed by atoms with Crippen LogP contribution >= 0.6 is 0 Å². The van der Waals surface area contributed by atoms with Crippen molar-refractivity contribution in [2.45, 2.75) is 38.3 Å². The highest BCUT2D eigenvalue weighted by Gasteiger charge is 2.41. The number of rotatable bonds is 3. The van der Waals surface area contributed by atoms with Gasteiger partial charge in [-0.15, -0.1) is 0 Å². The van der Waals surface area contributed by atoms with E-state index in [1.54, 1.807) is 0 Å². The minimum absolute atomic E-state index is 0.295. The molecule has 2 N–H and O–H groups in total. The fraction of sp³-hybridized carbons (Fsp3) is 0.692. The first kappa shape index (κ1) is 10.4. The molecule has 1 aliphatic carbocycles. The summed E-state index contributed by atoms with van der Waals surface area (Å²) in [4.78, 5) is 2.56. The van der Waals surface area contributed by atoms with Crippen molar-refractivity contribution < 1.29 is 4.42 Å². The van der Waals surface area contributed by atoms with Crippen molar-refractivity contribution in [2.24, 2.45) is 11.7 Å². The number of nitrogens with zero attached hydrogens (tertiary/aromatic N) is 1. The first-order chi connectivity index (χ1) is 7.78. The van der Waals surface area contributed by atoms with E-state index in [4.69, 9.17) is 10.2 Å². The van der Waals surface area contributed by atoms with Gasteiger partial charge < -0.3 is 10.2 Å². The number of aryl methyl sites for hydroxylation is 1. The molecule has 0 amide bonds. The van der Waals surface area contributed by atoms with E-state index in [1.807, 2.05) is 13.0 Å². The Bertz CT molecular complexity index is 374. The Hall–Kier alpha value is -0.800. The molecule has 1 aromatic rings. The second-order valence-electron chi connectivity index (χ2n) is 5.23. The molecule has 0 spiro atoms. The fourth-order valence-electron chi connectivity index (χ4n) is 3.39. The number of fused-ring (bicyclic) bond motifs is 2. The molecule has 88 valence electrons. The Balaban J connectivity index is 1.81. The molecule has 2 fully saturated rings. The van der Waals surface area contributed by atoms with Crippen molar-refractivity contribution in [2.75, 3.05) is 13.1 Å². The molecule has 0 radical (unpaired) electrons. The van der Waals surface area contributed by atoms with Gasteiger partial charge in [-0.25, -0.2) is 0 Å². The van der Waals surface area contributed by atoms with Crippen molar-refractivity contribution in [1.82, 2.24) is 4.90 Å². The Labute approximate surface area is 96.6 Å². The van der Waals surface area contributed by atoms with E-state index in [1.165, 1.54) is 25.8 Å². The Morgan fingerprint density at radius 1 is 1.50 bits per heavy atom. The first-order valence-electron chi connectivity index (χ1n) is 6.30. The number of hydrogen-bond acceptors (Lipinski definition) is 3. The fourth-order valence-corrected chi connectivity index (χ4v) is 3.39. The zero-order chi connectivity index (χ0) is 11.1. The lowest BCUT2D eigenvalue weighted by atomic mass is 10.1. The largest absolute Gasteiger partial charge is 0.465 e. The van der Waals surface area contributed by atoms with E-state index in [0.717, 1.165) is 23.5 Å². The van der Waals surface area contributed by atoms with E-state index in [-0.39, 0.29) is 0 Å². The molecule has 0 aromatic carbocycles. The van der Waals surface area contributed by atoms with Gasteiger partial charge in [-0.05, 0) is 44.2 Å². The van der Waals surface area contributed by atoms with Crippen LogP contribution in [0.4, 0.5) is 0 Å². The molecule has 3 unspecified atom stereocenters. The molecular weight excluding hydrogens is 200 g/mol. The second-order valence-corrected chi connectivity index (χ2v) is 5.23. The van der Waals surface area contributed by atoms with E-state index in [0.29, 0.717) is 12.6 Å². The second kappa shape index (κ2) is 3.90. The third-order valence-electron chi connectivity index (χ3n) is 4.16. The molecule has 1 saturated heterocycles. The lowest BCUT2D eigenvalue weighted by molar-refractivity contribution is 0.135. The maximum atomic E-state index is 5.92. The Morgan fingerprint density at radius 2 is 2.38 bits per heavy atom. The lowest BCUT2D eigenvalue weighted by Crippen LogP contribution is -2.39. The first-order valence-corrected chi connectivity index (χ1v) is 6.30. The summed E-state index contributed by atoms with van der Waals surface area (Å²) in [6, 6.07) is 5.17. The highest BCUT2D eigenvalue weighted by atomic mass is 16.3. The quantitative estimate of drug-likeness (QED) is 0.848. The maximum absolute atomic E-state index is 5.92. The third-order valence-corrected chi connectivity index (χ3v) is 4.16. The van der Waals surface area contributed by atoms with Gasteiger partial charge in [0.1, 0.15) is 11.5 Å². The summed E-state index contributed by atoms with van der Waals surface area (Å²) in [5, 5.41) is 0. The SMILES string of the molecule is Cc1ccc(C(CN)N2CC3CCC2C3)o1. The van der Waals surface area contributed by atoms with Crippen molar-refractivity contribution >= 4 is 0 Å². The lowest BCUT2D eigenvalue weighted by Gasteiger charge is -2.33. The van der Waals surface area contributed by atoms with Gasteiger partial charge >= 0.3 is 0 Å². The van der Waals surface area contributed by atoms with Gasteiger partial charge in [0.25, 0.3) is 0 Å². The van der Waals surface area contributed by atoms with Crippen LogP contribution in [-0.4, -0.2) is 24.0 Å². The van der Waals surface area contributed by atoms with Gasteiger partial charge in [0.2, 0.25) is 0 Å². The van der Waals surface area contributed by atoms with E-state index in [2.05, 4.69) is 11.0 Å². The molecule has 3 nitrogen and oxygen atoms in total. The molecule has 3 heteroatoms. The summed E-state index contributed by atoms with van der Waals surface area (Å²) in [6.45, 7) is 3.87. The molecule has 1 saturated carbocycles. The Morgan fingerprint density at radius 3 is 2.88 bits per heavy atom. The van der Waals surface area contributed by atoms with Crippen molar-refractivity contribution in [3.63, 3.8) is 0 Å². The number of furan rings is 1. The van der Waals surface area contributed by atoms with E-state index in [9.17, 15) is 0 Å². The van der Waals surface area contributed by atoms with Crippen LogP contribution in [-0.2, 0) is 0 Å². The summed E-state index contributed by atoms with van der Waals surface area (Å²) in [5.74, 6) is 2.94. The number of hydrogen-bond donors (Lipinski definition) is 1. The molecule has 3 atom stereocenters. The van der Waals surface area contributed by atoms with Crippen LogP contribution in [0.3, 0.4) is 0 Å². The maximum Gasteiger partial charge on any atom is 0.122 e. The monoisotopic (exact) mass is 220 g/mol. The van der Waals surface area contributed by atoms with Gasteiger partial charge in [0, 0.05) is 19.1 Å². The minimum Gasteiger partial charge on any atom is -0.465 e. The molecule has 16 heavy (non-hydrogen) atoms. The van der Waals surface area contributed by atoms with Crippen LogP contribution < -0.4 is 5.73 Å². The molecule has 2 aliphatic rings.